The Morgan fingerprint density at radius 3 is 2.53 bits per heavy atom. The summed E-state index contributed by atoms with van der Waals surface area (Å²) in [4.78, 5) is 15.3. The van der Waals surface area contributed by atoms with E-state index >= 15 is 4.39 Å². The molecular weight excluding hydrogens is 427 g/mol. The summed E-state index contributed by atoms with van der Waals surface area (Å²) in [7, 11) is 0. The van der Waals surface area contributed by atoms with E-state index in [9.17, 15) is 4.79 Å². The van der Waals surface area contributed by atoms with Crippen molar-refractivity contribution in [3.8, 4) is 11.1 Å². The molecule has 3 fully saturated rings. The molecule has 34 heavy (non-hydrogen) atoms. The van der Waals surface area contributed by atoms with Crippen LogP contribution in [0.3, 0.4) is 0 Å². The molecule has 3 aliphatic heterocycles. The minimum atomic E-state index is -0.382. The topological polar surface area (TPSA) is 41.6 Å². The third kappa shape index (κ3) is 4.35. The monoisotopic (exact) mass is 464 g/mol. The molecule has 2 aromatic rings. The van der Waals surface area contributed by atoms with E-state index in [1.165, 1.54) is 5.56 Å². The number of nitrogens with zero attached hydrogens (tertiary/aromatic N) is 1. The summed E-state index contributed by atoms with van der Waals surface area (Å²) in [5.74, 6) is 0.212. The largest absolute Gasteiger partial charge is 0.445 e. The van der Waals surface area contributed by atoms with Crippen molar-refractivity contribution in [2.45, 2.75) is 71.4 Å². The van der Waals surface area contributed by atoms with Gasteiger partial charge in [-0.1, -0.05) is 58.9 Å². The lowest BCUT2D eigenvalue weighted by Gasteiger charge is -2.44. The predicted octanol–water partition coefficient (Wildman–Crippen LogP) is 6.23. The van der Waals surface area contributed by atoms with Gasteiger partial charge in [0.05, 0.1) is 6.04 Å². The third-order valence-electron chi connectivity index (χ3n) is 8.12. The maximum Gasteiger partial charge on any atom is 0.407 e. The number of nitrogens with one attached hydrogen (secondary N) is 1. The van der Waals surface area contributed by atoms with Crippen LogP contribution in [-0.2, 0) is 16.6 Å². The van der Waals surface area contributed by atoms with Crippen LogP contribution in [0.15, 0.2) is 36.4 Å². The van der Waals surface area contributed by atoms with Crippen molar-refractivity contribution in [2.24, 2.45) is 11.3 Å². The average molecular weight is 465 g/mol. The van der Waals surface area contributed by atoms with Crippen LogP contribution < -0.4 is 5.32 Å². The molecule has 2 atom stereocenters. The first kappa shape index (κ1) is 23.3. The van der Waals surface area contributed by atoms with Gasteiger partial charge in [0.2, 0.25) is 0 Å². The van der Waals surface area contributed by atoms with Crippen LogP contribution in [0.2, 0.25) is 0 Å². The summed E-state index contributed by atoms with van der Waals surface area (Å²) < 4.78 is 21.3. The van der Waals surface area contributed by atoms with Gasteiger partial charge < -0.3 is 10.1 Å². The fourth-order valence-electron chi connectivity index (χ4n) is 6.05. The molecule has 0 spiro atoms. The van der Waals surface area contributed by atoms with Gasteiger partial charge >= 0.3 is 6.09 Å². The van der Waals surface area contributed by atoms with Crippen LogP contribution in [-0.4, -0.2) is 36.7 Å². The number of ether oxygens (including phenoxy) is 1. The lowest BCUT2D eigenvalue weighted by molar-refractivity contribution is -0.0349. The fourth-order valence-corrected chi connectivity index (χ4v) is 6.05. The first-order valence-corrected chi connectivity index (χ1v) is 12.6. The molecule has 2 bridgehead atoms. The van der Waals surface area contributed by atoms with Crippen LogP contribution in [0, 0.1) is 17.2 Å². The number of piperidine rings is 3. The molecule has 0 radical (unpaired) electrons. The summed E-state index contributed by atoms with van der Waals surface area (Å²) >= 11 is 0. The van der Waals surface area contributed by atoms with Gasteiger partial charge in [-0.3, -0.25) is 4.90 Å². The van der Waals surface area contributed by atoms with Crippen LogP contribution in [0.4, 0.5) is 9.18 Å². The van der Waals surface area contributed by atoms with E-state index in [0.717, 1.165) is 55.6 Å². The highest BCUT2D eigenvalue weighted by Crippen LogP contribution is 2.47. The normalized spacial score (nSPS) is 27.4. The lowest BCUT2D eigenvalue weighted by atomic mass is 9.85. The van der Waals surface area contributed by atoms with Crippen LogP contribution in [0.5, 0.6) is 0 Å². The molecule has 0 saturated carbocycles. The van der Waals surface area contributed by atoms with Crippen molar-refractivity contribution in [3.05, 3.63) is 58.9 Å². The van der Waals surface area contributed by atoms with Gasteiger partial charge in [0.15, 0.2) is 0 Å². The minimum absolute atomic E-state index is 0.00454. The van der Waals surface area contributed by atoms with Gasteiger partial charge in [0.1, 0.15) is 11.9 Å². The van der Waals surface area contributed by atoms with Crippen molar-refractivity contribution in [1.29, 1.82) is 0 Å². The number of amides is 1. The summed E-state index contributed by atoms with van der Waals surface area (Å²) in [6.45, 7) is 13.8. The number of alkyl carbamates (subject to hydrolysis) is 1. The molecule has 1 N–H and O–H groups in total. The highest BCUT2D eigenvalue weighted by atomic mass is 19.1. The second kappa shape index (κ2) is 8.37. The van der Waals surface area contributed by atoms with Crippen LogP contribution in [0.1, 0.15) is 70.2 Å². The molecule has 1 aliphatic carbocycles. The number of rotatable bonds is 3. The zero-order valence-electron chi connectivity index (χ0n) is 21.1. The van der Waals surface area contributed by atoms with Crippen molar-refractivity contribution >= 4 is 6.09 Å². The van der Waals surface area contributed by atoms with E-state index in [0.29, 0.717) is 11.5 Å². The zero-order chi connectivity index (χ0) is 24.3. The number of carbonyl (C=O) groups excluding carboxylic acids is 1. The number of hydrogen-bond acceptors (Lipinski definition) is 3. The van der Waals surface area contributed by atoms with E-state index in [1.54, 1.807) is 6.07 Å². The minimum Gasteiger partial charge on any atom is -0.445 e. The van der Waals surface area contributed by atoms with Crippen LogP contribution >= 0.6 is 0 Å². The van der Waals surface area contributed by atoms with Crippen molar-refractivity contribution in [1.82, 2.24) is 10.2 Å². The standard InChI is InChI=1S/C29H37FN2O2/c1-28(2,3)21-8-6-7-19(13-21)22-14-20-16-29(4,5)26(23(20)15-24(22)30)31-27(33)34-25-17-32-11-9-18(25)10-12-32/h6-8,13-15,18,25-26H,9-12,16-17H2,1-5H3,(H,31,33)/t25-,26?/m0/s1. The maximum atomic E-state index is 15.4. The van der Waals surface area contributed by atoms with Gasteiger partial charge in [-0.05, 0) is 83.5 Å². The smallest absolute Gasteiger partial charge is 0.407 e. The molecule has 5 heteroatoms. The van der Waals surface area contributed by atoms with E-state index in [2.05, 4.69) is 57.0 Å². The molecule has 182 valence electrons. The Kier molecular flexibility index (Phi) is 5.75. The molecule has 1 amide bonds. The van der Waals surface area contributed by atoms with Gasteiger partial charge in [-0.15, -0.1) is 0 Å². The number of fused-ring (bicyclic) bond motifs is 4. The summed E-state index contributed by atoms with van der Waals surface area (Å²) in [5.41, 5.74) is 4.42. The highest BCUT2D eigenvalue weighted by molar-refractivity contribution is 5.71. The Labute approximate surface area is 202 Å². The van der Waals surface area contributed by atoms with E-state index < -0.39 is 0 Å². The Hall–Kier alpha value is -2.40. The second-order valence-corrected chi connectivity index (χ2v) is 12.2. The average Bonchev–Trinajstić information content (AvgIpc) is 3.02. The molecular formula is C29H37FN2O2. The van der Waals surface area contributed by atoms with Gasteiger partial charge in [0.25, 0.3) is 0 Å². The molecule has 3 heterocycles. The Morgan fingerprint density at radius 1 is 1.15 bits per heavy atom. The van der Waals surface area contributed by atoms with E-state index in [1.807, 2.05) is 18.2 Å². The highest BCUT2D eigenvalue weighted by Gasteiger charge is 2.42. The maximum absolute atomic E-state index is 15.4. The Balaban J connectivity index is 1.38. The molecule has 2 aromatic carbocycles. The van der Waals surface area contributed by atoms with E-state index in [-0.39, 0.29) is 34.9 Å². The Morgan fingerprint density at radius 2 is 1.88 bits per heavy atom. The van der Waals surface area contributed by atoms with Crippen molar-refractivity contribution in [2.75, 3.05) is 19.6 Å². The summed E-state index contributed by atoms with van der Waals surface area (Å²) in [6, 6.07) is 11.5. The van der Waals surface area contributed by atoms with Gasteiger partial charge in [-0.2, -0.15) is 0 Å². The van der Waals surface area contributed by atoms with E-state index in [4.69, 9.17) is 4.74 Å². The fraction of sp³-hybridized carbons (Fsp3) is 0.552. The Bertz CT molecular complexity index is 1100. The quantitative estimate of drug-likeness (QED) is 0.585. The summed E-state index contributed by atoms with van der Waals surface area (Å²) in [6.07, 6.45) is 2.55. The van der Waals surface area contributed by atoms with Crippen LogP contribution in [0.25, 0.3) is 11.1 Å². The first-order valence-electron chi connectivity index (χ1n) is 12.6. The number of benzene rings is 2. The van der Waals surface area contributed by atoms with Crippen molar-refractivity contribution in [3.63, 3.8) is 0 Å². The lowest BCUT2D eigenvalue weighted by Crippen LogP contribution is -2.53. The van der Waals surface area contributed by atoms with Crippen molar-refractivity contribution < 1.29 is 13.9 Å². The molecule has 4 nitrogen and oxygen atoms in total. The number of carbonyl (C=O) groups is 1. The molecule has 6 rings (SSSR count). The predicted molar refractivity (Wildman–Crippen MR) is 133 cm³/mol. The zero-order valence-corrected chi connectivity index (χ0v) is 21.1. The third-order valence-corrected chi connectivity index (χ3v) is 8.12. The molecule has 3 saturated heterocycles. The molecule has 0 aromatic heterocycles. The second-order valence-electron chi connectivity index (χ2n) is 12.2. The van der Waals surface area contributed by atoms with Gasteiger partial charge in [-0.25, -0.2) is 9.18 Å². The SMILES string of the molecule is CC(C)(C)c1cccc(-c2cc3c(cc2F)C(NC(=O)O[C@H]2CN4CCC2CC4)C(C)(C)C3)c1. The first-order chi connectivity index (χ1) is 16.0. The van der Waals surface area contributed by atoms with Gasteiger partial charge in [0, 0.05) is 12.1 Å². The molecule has 1 unspecified atom stereocenters. The number of hydrogen-bond donors (Lipinski definition) is 1. The number of halogens is 1. The molecule has 4 aliphatic rings. The summed E-state index contributed by atoms with van der Waals surface area (Å²) in [5, 5.41) is 3.10.